The molecule has 1 N–H and O–H groups in total. The molecule has 0 aliphatic heterocycles. The highest BCUT2D eigenvalue weighted by Gasteiger charge is 2.57. The first-order valence-electron chi connectivity index (χ1n) is 7.00. The normalized spacial score (nSPS) is 15.7. The summed E-state index contributed by atoms with van der Waals surface area (Å²) in [5.74, 6) is -0.907. The number of hydrogen-bond donors (Lipinski definition) is 1. The number of carbonyl (C=O) groups excluding carboxylic acids is 2. The van der Waals surface area contributed by atoms with E-state index >= 15 is 0 Å². The van der Waals surface area contributed by atoms with Crippen LogP contribution >= 0.6 is 0 Å². The average molecular weight is 330 g/mol. The summed E-state index contributed by atoms with van der Waals surface area (Å²) in [6.07, 6.45) is -3.72. The van der Waals surface area contributed by atoms with Crippen molar-refractivity contribution < 1.29 is 27.5 Å². The van der Waals surface area contributed by atoms with Crippen molar-refractivity contribution in [3.05, 3.63) is 29.8 Å². The summed E-state index contributed by atoms with van der Waals surface area (Å²) in [5, 5.41) is 2.49. The minimum Gasteiger partial charge on any atom is -0.406 e. The summed E-state index contributed by atoms with van der Waals surface area (Å²) in [4.78, 5) is 25.6. The average Bonchev–Trinajstić information content (AvgIpc) is 3.27. The van der Waals surface area contributed by atoms with Crippen molar-refractivity contribution in [3.63, 3.8) is 0 Å². The van der Waals surface area contributed by atoms with Crippen LogP contribution in [0.25, 0.3) is 0 Å². The van der Waals surface area contributed by atoms with Gasteiger partial charge in [-0.1, -0.05) is 12.1 Å². The number of alkyl halides is 3. The van der Waals surface area contributed by atoms with Gasteiger partial charge in [0.2, 0.25) is 11.8 Å². The summed E-state index contributed by atoms with van der Waals surface area (Å²) in [6, 6.07) is 5.27. The number of nitrogens with zero attached hydrogens (tertiary/aromatic N) is 1. The SMILES string of the molecule is CNC(=O)C1(C(=O)N(C)Cc2ccc(OC(F)(F)F)cc2)CC1. The van der Waals surface area contributed by atoms with Gasteiger partial charge in [-0.2, -0.15) is 0 Å². The monoisotopic (exact) mass is 330 g/mol. The van der Waals surface area contributed by atoms with E-state index in [1.54, 1.807) is 7.05 Å². The topological polar surface area (TPSA) is 58.6 Å². The van der Waals surface area contributed by atoms with Crippen LogP contribution < -0.4 is 10.1 Å². The fourth-order valence-electron chi connectivity index (χ4n) is 2.41. The molecule has 1 aliphatic rings. The first-order valence-corrected chi connectivity index (χ1v) is 7.00. The quantitative estimate of drug-likeness (QED) is 0.841. The smallest absolute Gasteiger partial charge is 0.406 e. The number of amides is 2. The number of ether oxygens (including phenoxy) is 1. The Kier molecular flexibility index (Phi) is 4.53. The molecule has 0 heterocycles. The molecule has 1 aromatic rings. The van der Waals surface area contributed by atoms with Gasteiger partial charge in [-0.05, 0) is 30.5 Å². The van der Waals surface area contributed by atoms with Gasteiger partial charge in [0, 0.05) is 20.6 Å². The van der Waals surface area contributed by atoms with E-state index in [1.165, 1.54) is 36.2 Å². The van der Waals surface area contributed by atoms with Crippen LogP contribution in [-0.4, -0.2) is 37.2 Å². The summed E-state index contributed by atoms with van der Waals surface area (Å²) in [7, 11) is 3.04. The zero-order valence-electron chi connectivity index (χ0n) is 12.7. The van der Waals surface area contributed by atoms with E-state index in [4.69, 9.17) is 0 Å². The summed E-state index contributed by atoms with van der Waals surface area (Å²) in [5.41, 5.74) is -0.342. The molecular formula is C15H17F3N2O3. The third-order valence-corrected chi connectivity index (χ3v) is 3.74. The minimum atomic E-state index is -4.74. The zero-order chi connectivity index (χ0) is 17.3. The second-order valence-corrected chi connectivity index (χ2v) is 5.51. The predicted octanol–water partition coefficient (Wildman–Crippen LogP) is 2.07. The molecule has 0 saturated heterocycles. The summed E-state index contributed by atoms with van der Waals surface area (Å²) < 4.78 is 40.1. The minimum absolute atomic E-state index is 0.198. The molecule has 2 rings (SSSR count). The first-order chi connectivity index (χ1) is 10.7. The molecule has 1 fully saturated rings. The van der Waals surface area contributed by atoms with Crippen molar-refractivity contribution in [1.29, 1.82) is 0 Å². The molecule has 0 radical (unpaired) electrons. The summed E-state index contributed by atoms with van der Waals surface area (Å²) >= 11 is 0. The Hall–Kier alpha value is -2.25. The van der Waals surface area contributed by atoms with Crippen LogP contribution in [-0.2, 0) is 16.1 Å². The van der Waals surface area contributed by atoms with E-state index in [0.717, 1.165) is 0 Å². The molecule has 1 aromatic carbocycles. The Bertz CT molecular complexity index is 595. The maximum atomic E-state index is 12.4. The number of halogens is 3. The van der Waals surface area contributed by atoms with Crippen molar-refractivity contribution >= 4 is 11.8 Å². The van der Waals surface area contributed by atoms with Crippen molar-refractivity contribution in [2.45, 2.75) is 25.7 Å². The second-order valence-electron chi connectivity index (χ2n) is 5.51. The number of rotatable bonds is 5. The molecule has 0 bridgehead atoms. The van der Waals surface area contributed by atoms with Crippen molar-refractivity contribution in [3.8, 4) is 5.75 Å². The molecule has 8 heteroatoms. The highest BCUT2D eigenvalue weighted by Crippen LogP contribution is 2.47. The number of nitrogens with one attached hydrogen (secondary N) is 1. The number of hydrogen-bond acceptors (Lipinski definition) is 3. The molecular weight excluding hydrogens is 313 g/mol. The number of benzene rings is 1. The van der Waals surface area contributed by atoms with Crippen LogP contribution in [0.5, 0.6) is 5.75 Å². The van der Waals surface area contributed by atoms with Crippen LogP contribution in [0.1, 0.15) is 18.4 Å². The van der Waals surface area contributed by atoms with Crippen LogP contribution in [0.4, 0.5) is 13.2 Å². The van der Waals surface area contributed by atoms with Crippen LogP contribution in [0.15, 0.2) is 24.3 Å². The molecule has 0 unspecified atom stereocenters. The molecule has 0 atom stereocenters. The fourth-order valence-corrected chi connectivity index (χ4v) is 2.41. The van der Waals surface area contributed by atoms with E-state index in [2.05, 4.69) is 10.1 Å². The maximum Gasteiger partial charge on any atom is 0.573 e. The summed E-state index contributed by atoms with van der Waals surface area (Å²) in [6.45, 7) is 0.198. The van der Waals surface area contributed by atoms with E-state index < -0.39 is 11.8 Å². The zero-order valence-corrected chi connectivity index (χ0v) is 12.7. The molecule has 0 aromatic heterocycles. The van der Waals surface area contributed by atoms with Crippen LogP contribution in [0.2, 0.25) is 0 Å². The highest BCUT2D eigenvalue weighted by atomic mass is 19.4. The molecule has 2 amide bonds. The van der Waals surface area contributed by atoms with Gasteiger partial charge < -0.3 is 15.0 Å². The van der Waals surface area contributed by atoms with Crippen molar-refractivity contribution in [2.75, 3.05) is 14.1 Å². The Morgan fingerprint density at radius 3 is 2.26 bits per heavy atom. The van der Waals surface area contributed by atoms with Gasteiger partial charge in [-0.15, -0.1) is 13.2 Å². The third-order valence-electron chi connectivity index (χ3n) is 3.74. The van der Waals surface area contributed by atoms with E-state index in [1.807, 2.05) is 0 Å². The van der Waals surface area contributed by atoms with Gasteiger partial charge in [0.1, 0.15) is 11.2 Å². The van der Waals surface area contributed by atoms with E-state index in [0.29, 0.717) is 18.4 Å². The molecule has 5 nitrogen and oxygen atoms in total. The van der Waals surface area contributed by atoms with Gasteiger partial charge in [-0.25, -0.2) is 0 Å². The first kappa shape index (κ1) is 17.1. The van der Waals surface area contributed by atoms with E-state index in [-0.39, 0.29) is 24.1 Å². The predicted molar refractivity (Wildman–Crippen MR) is 75.3 cm³/mol. The Labute approximate surface area is 131 Å². The van der Waals surface area contributed by atoms with E-state index in [9.17, 15) is 22.8 Å². The lowest BCUT2D eigenvalue weighted by molar-refractivity contribution is -0.274. The molecule has 1 aliphatic carbocycles. The van der Waals surface area contributed by atoms with Gasteiger partial charge >= 0.3 is 6.36 Å². The Morgan fingerprint density at radius 1 is 1.26 bits per heavy atom. The van der Waals surface area contributed by atoms with Crippen LogP contribution in [0, 0.1) is 5.41 Å². The largest absolute Gasteiger partial charge is 0.573 e. The molecule has 0 spiro atoms. The molecule has 23 heavy (non-hydrogen) atoms. The van der Waals surface area contributed by atoms with Gasteiger partial charge in [0.05, 0.1) is 0 Å². The third kappa shape index (κ3) is 3.94. The fraction of sp³-hybridized carbons (Fsp3) is 0.467. The lowest BCUT2D eigenvalue weighted by Crippen LogP contribution is -2.42. The van der Waals surface area contributed by atoms with Gasteiger partial charge in [-0.3, -0.25) is 9.59 Å². The van der Waals surface area contributed by atoms with Crippen molar-refractivity contribution in [2.24, 2.45) is 5.41 Å². The molecule has 126 valence electrons. The lowest BCUT2D eigenvalue weighted by atomic mass is 10.0. The Morgan fingerprint density at radius 2 is 1.83 bits per heavy atom. The highest BCUT2D eigenvalue weighted by molar-refractivity contribution is 6.07. The Balaban J connectivity index is 1.99. The van der Waals surface area contributed by atoms with Crippen molar-refractivity contribution in [1.82, 2.24) is 10.2 Å². The second kappa shape index (κ2) is 6.10. The van der Waals surface area contributed by atoms with Gasteiger partial charge in [0.15, 0.2) is 0 Å². The number of carbonyl (C=O) groups is 2. The molecule has 1 saturated carbocycles. The standard InChI is InChI=1S/C15H17F3N2O3/c1-19-12(21)14(7-8-14)13(22)20(2)9-10-3-5-11(6-4-10)23-15(16,17)18/h3-6H,7-9H2,1-2H3,(H,19,21). The lowest BCUT2D eigenvalue weighted by Gasteiger charge is -2.22. The maximum absolute atomic E-state index is 12.4. The van der Waals surface area contributed by atoms with Gasteiger partial charge in [0.25, 0.3) is 0 Å². The van der Waals surface area contributed by atoms with Crippen LogP contribution in [0.3, 0.4) is 0 Å².